The molecular weight excluding hydrogens is 312 g/mol. The third kappa shape index (κ3) is 3.13. The summed E-state index contributed by atoms with van der Waals surface area (Å²) < 4.78 is 13.7. The number of rotatable bonds is 3. The molecule has 5 nitrogen and oxygen atoms in total. The van der Waals surface area contributed by atoms with E-state index in [4.69, 9.17) is 9.47 Å². The highest BCUT2D eigenvalue weighted by molar-refractivity contribution is 7.16. The zero-order valence-corrected chi connectivity index (χ0v) is 14.6. The number of aromatic nitrogens is 1. The lowest BCUT2D eigenvalue weighted by Gasteiger charge is -2.17. The number of hydrogen-bond donors (Lipinski definition) is 0. The third-order valence-corrected chi connectivity index (χ3v) is 5.57. The highest BCUT2D eigenvalue weighted by Gasteiger charge is 2.21. The molecule has 0 N–H and O–H groups in total. The van der Waals surface area contributed by atoms with E-state index in [-0.39, 0.29) is 11.8 Å². The predicted molar refractivity (Wildman–Crippen MR) is 91.0 cm³/mol. The largest absolute Gasteiger partial charge is 0.493 e. The molecule has 1 aromatic heterocycles. The van der Waals surface area contributed by atoms with E-state index in [9.17, 15) is 4.79 Å². The minimum atomic E-state index is 0.0192. The second kappa shape index (κ2) is 6.74. The maximum absolute atomic E-state index is 12.4. The van der Waals surface area contributed by atoms with Crippen LogP contribution in [0.15, 0.2) is 17.1 Å². The number of hydrogen-bond acceptors (Lipinski definition) is 4. The summed E-state index contributed by atoms with van der Waals surface area (Å²) in [7, 11) is 5.17. The van der Waals surface area contributed by atoms with Crippen LogP contribution in [-0.4, -0.2) is 24.7 Å². The molecule has 0 radical (unpaired) electrons. The van der Waals surface area contributed by atoms with Gasteiger partial charge in [-0.3, -0.25) is 4.79 Å². The van der Waals surface area contributed by atoms with E-state index >= 15 is 0 Å². The quantitative estimate of drug-likeness (QED) is 0.866. The van der Waals surface area contributed by atoms with Gasteiger partial charge in [-0.1, -0.05) is 30.6 Å². The zero-order chi connectivity index (χ0) is 16.4. The molecule has 0 aliphatic heterocycles. The first-order chi connectivity index (χ1) is 11.1. The number of nitrogens with zero attached hydrogens (tertiary/aromatic N) is 2. The molecule has 0 spiro atoms. The van der Waals surface area contributed by atoms with E-state index in [2.05, 4.69) is 4.99 Å². The van der Waals surface area contributed by atoms with Crippen LogP contribution < -0.4 is 14.3 Å². The normalized spacial score (nSPS) is 16.7. The number of fused-ring (bicyclic) bond motifs is 1. The fraction of sp³-hybridized carbons (Fsp3) is 0.529. The number of carbonyl (C=O) groups excluding carboxylic acids is 1. The maximum atomic E-state index is 12.4. The molecular formula is C17H22N2O3S. The molecule has 23 heavy (non-hydrogen) atoms. The molecule has 0 unspecified atom stereocenters. The maximum Gasteiger partial charge on any atom is 0.251 e. The van der Waals surface area contributed by atoms with Gasteiger partial charge in [0.05, 0.1) is 24.4 Å². The molecule has 2 aromatic rings. The van der Waals surface area contributed by atoms with Gasteiger partial charge in [0.15, 0.2) is 16.3 Å². The molecule has 1 aliphatic rings. The van der Waals surface area contributed by atoms with Crippen molar-refractivity contribution in [2.24, 2.45) is 18.0 Å². The van der Waals surface area contributed by atoms with E-state index in [1.807, 2.05) is 23.7 Å². The molecule has 124 valence electrons. The van der Waals surface area contributed by atoms with E-state index < -0.39 is 0 Å². The number of ether oxygens (including phenoxy) is 2. The van der Waals surface area contributed by atoms with Gasteiger partial charge in [-0.25, -0.2) is 0 Å². The van der Waals surface area contributed by atoms with Crippen molar-refractivity contribution < 1.29 is 14.3 Å². The second-order valence-corrected chi connectivity index (χ2v) is 6.91. The highest BCUT2D eigenvalue weighted by atomic mass is 32.1. The van der Waals surface area contributed by atoms with Crippen molar-refractivity contribution in [1.82, 2.24) is 4.57 Å². The first-order valence-corrected chi connectivity index (χ1v) is 8.76. The van der Waals surface area contributed by atoms with E-state index in [1.165, 1.54) is 17.8 Å². The summed E-state index contributed by atoms with van der Waals surface area (Å²) in [5.41, 5.74) is 0.989. The van der Waals surface area contributed by atoms with Gasteiger partial charge < -0.3 is 14.0 Å². The summed E-state index contributed by atoms with van der Waals surface area (Å²) in [4.78, 5) is 17.5. The Labute approximate surface area is 139 Å². The second-order valence-electron chi connectivity index (χ2n) is 5.90. The van der Waals surface area contributed by atoms with Crippen LogP contribution in [0.1, 0.15) is 32.1 Å². The van der Waals surface area contributed by atoms with Gasteiger partial charge in [-0.15, -0.1) is 0 Å². The Morgan fingerprint density at radius 1 is 1.17 bits per heavy atom. The Morgan fingerprint density at radius 2 is 1.83 bits per heavy atom. The molecule has 0 saturated heterocycles. The molecule has 1 amide bonds. The Bertz CT molecular complexity index is 785. The van der Waals surface area contributed by atoms with Crippen LogP contribution in [0, 0.1) is 5.92 Å². The Hall–Kier alpha value is -1.82. The molecule has 1 aromatic carbocycles. The van der Waals surface area contributed by atoms with Crippen molar-refractivity contribution in [2.45, 2.75) is 32.1 Å². The summed E-state index contributed by atoms with van der Waals surface area (Å²) in [5.74, 6) is 1.48. The first kappa shape index (κ1) is 16.1. The smallest absolute Gasteiger partial charge is 0.251 e. The number of amides is 1. The lowest BCUT2D eigenvalue weighted by atomic mass is 9.89. The lowest BCUT2D eigenvalue weighted by Crippen LogP contribution is -2.20. The van der Waals surface area contributed by atoms with Crippen LogP contribution in [0.4, 0.5) is 0 Å². The number of benzene rings is 1. The molecule has 6 heteroatoms. The van der Waals surface area contributed by atoms with Crippen LogP contribution in [0.3, 0.4) is 0 Å². The Morgan fingerprint density at radius 3 is 2.48 bits per heavy atom. The van der Waals surface area contributed by atoms with Gasteiger partial charge in [-0.2, -0.15) is 4.99 Å². The molecule has 3 rings (SSSR count). The van der Waals surface area contributed by atoms with Crippen molar-refractivity contribution in [3.63, 3.8) is 0 Å². The summed E-state index contributed by atoms with van der Waals surface area (Å²) in [5, 5.41) is 0. The summed E-state index contributed by atoms with van der Waals surface area (Å²) in [6.45, 7) is 0. The van der Waals surface area contributed by atoms with E-state index in [1.54, 1.807) is 14.2 Å². The highest BCUT2D eigenvalue weighted by Crippen LogP contribution is 2.33. The Kier molecular flexibility index (Phi) is 4.71. The third-order valence-electron chi connectivity index (χ3n) is 4.47. The summed E-state index contributed by atoms with van der Waals surface area (Å²) >= 11 is 1.50. The van der Waals surface area contributed by atoms with Gasteiger partial charge in [0, 0.05) is 25.1 Å². The summed E-state index contributed by atoms with van der Waals surface area (Å²) in [6.07, 6.45) is 5.45. The summed E-state index contributed by atoms with van der Waals surface area (Å²) in [6, 6.07) is 3.86. The van der Waals surface area contributed by atoms with Gasteiger partial charge in [0.2, 0.25) is 0 Å². The van der Waals surface area contributed by atoms with Crippen molar-refractivity contribution >= 4 is 27.5 Å². The number of aryl methyl sites for hydroxylation is 1. The molecule has 1 heterocycles. The molecule has 1 aliphatic carbocycles. The van der Waals surface area contributed by atoms with Crippen LogP contribution in [-0.2, 0) is 11.8 Å². The average Bonchev–Trinajstić information content (AvgIpc) is 2.89. The molecule has 1 saturated carbocycles. The van der Waals surface area contributed by atoms with Crippen LogP contribution in [0.2, 0.25) is 0 Å². The Balaban J connectivity index is 2.02. The number of thiazole rings is 1. The standard InChI is InChI=1S/C17H22N2O3S/c1-19-12-9-13(21-2)14(22-3)10-15(12)23-17(19)18-16(20)11-7-5-4-6-8-11/h9-11H,4-8H2,1-3H3. The predicted octanol–water partition coefficient (Wildman–Crippen LogP) is 3.26. The van der Waals surface area contributed by atoms with E-state index in [0.29, 0.717) is 11.5 Å². The minimum absolute atomic E-state index is 0.0192. The number of carbonyl (C=O) groups is 1. The van der Waals surface area contributed by atoms with Gasteiger partial charge in [-0.05, 0) is 12.8 Å². The molecule has 0 bridgehead atoms. The van der Waals surface area contributed by atoms with Gasteiger partial charge in [0.25, 0.3) is 5.91 Å². The van der Waals surface area contributed by atoms with Crippen LogP contribution in [0.5, 0.6) is 11.5 Å². The van der Waals surface area contributed by atoms with Crippen molar-refractivity contribution in [1.29, 1.82) is 0 Å². The first-order valence-electron chi connectivity index (χ1n) is 7.94. The minimum Gasteiger partial charge on any atom is -0.493 e. The van der Waals surface area contributed by atoms with Crippen molar-refractivity contribution in [3.05, 3.63) is 16.9 Å². The van der Waals surface area contributed by atoms with Crippen LogP contribution >= 0.6 is 11.3 Å². The monoisotopic (exact) mass is 334 g/mol. The van der Waals surface area contributed by atoms with Crippen LogP contribution in [0.25, 0.3) is 10.2 Å². The van der Waals surface area contributed by atoms with Gasteiger partial charge >= 0.3 is 0 Å². The van der Waals surface area contributed by atoms with E-state index in [0.717, 1.165) is 40.7 Å². The number of methoxy groups -OCH3 is 2. The zero-order valence-electron chi connectivity index (χ0n) is 13.8. The molecule has 1 fully saturated rings. The van der Waals surface area contributed by atoms with Gasteiger partial charge in [0.1, 0.15) is 0 Å². The van der Waals surface area contributed by atoms with Crippen molar-refractivity contribution in [3.8, 4) is 11.5 Å². The topological polar surface area (TPSA) is 52.8 Å². The SMILES string of the molecule is COc1cc2sc(=NC(=O)C3CCCCC3)n(C)c2cc1OC. The molecule has 0 atom stereocenters. The fourth-order valence-electron chi connectivity index (χ4n) is 3.10. The van der Waals surface area contributed by atoms with Crippen molar-refractivity contribution in [2.75, 3.05) is 14.2 Å². The lowest BCUT2D eigenvalue weighted by molar-refractivity contribution is -0.122. The fourth-order valence-corrected chi connectivity index (χ4v) is 4.13. The average molecular weight is 334 g/mol.